The van der Waals surface area contributed by atoms with Crippen LogP contribution < -0.4 is 5.32 Å². The first-order chi connectivity index (χ1) is 12.2. The fraction of sp³-hybridized carbons (Fsp3) is 0.222. The van der Waals surface area contributed by atoms with E-state index < -0.39 is 0 Å². The van der Waals surface area contributed by atoms with Crippen molar-refractivity contribution in [3.05, 3.63) is 60.3 Å². The molecule has 126 valence electrons. The van der Waals surface area contributed by atoms with Crippen LogP contribution in [0.4, 0.5) is 5.82 Å². The Hall–Kier alpha value is -3.22. The first-order valence-corrected chi connectivity index (χ1v) is 8.24. The van der Waals surface area contributed by atoms with Crippen LogP contribution in [0.5, 0.6) is 0 Å². The van der Waals surface area contributed by atoms with E-state index in [2.05, 4.69) is 45.5 Å². The molecule has 2 N–H and O–H groups in total. The zero-order valence-corrected chi connectivity index (χ0v) is 14.1. The molecule has 0 unspecified atom stereocenters. The summed E-state index contributed by atoms with van der Waals surface area (Å²) in [7, 11) is 0. The molecule has 0 radical (unpaired) electrons. The van der Waals surface area contributed by atoms with E-state index in [0.29, 0.717) is 12.5 Å². The third-order valence-electron chi connectivity index (χ3n) is 4.08. The van der Waals surface area contributed by atoms with Crippen molar-refractivity contribution in [3.63, 3.8) is 0 Å². The van der Waals surface area contributed by atoms with Gasteiger partial charge in [-0.3, -0.25) is 5.10 Å². The van der Waals surface area contributed by atoms with Crippen molar-refractivity contribution in [2.24, 2.45) is 0 Å². The van der Waals surface area contributed by atoms with Crippen LogP contribution in [-0.2, 0) is 6.54 Å². The highest BCUT2D eigenvalue weighted by Gasteiger charge is 2.14. The van der Waals surface area contributed by atoms with Gasteiger partial charge in [-0.1, -0.05) is 32.0 Å². The highest BCUT2D eigenvalue weighted by Crippen LogP contribution is 2.22. The average Bonchev–Trinajstić information content (AvgIpc) is 3.28. The van der Waals surface area contributed by atoms with Crippen LogP contribution >= 0.6 is 0 Å². The molecule has 7 heteroatoms. The van der Waals surface area contributed by atoms with Crippen molar-refractivity contribution in [1.29, 1.82) is 0 Å². The molecule has 0 atom stereocenters. The Bertz CT molecular complexity index is 985. The van der Waals surface area contributed by atoms with Gasteiger partial charge in [0.1, 0.15) is 12.1 Å². The smallest absolute Gasteiger partial charge is 0.160 e. The van der Waals surface area contributed by atoms with Gasteiger partial charge < -0.3 is 5.32 Å². The predicted molar refractivity (Wildman–Crippen MR) is 96.7 cm³/mol. The van der Waals surface area contributed by atoms with E-state index in [4.69, 9.17) is 5.10 Å². The van der Waals surface area contributed by atoms with Crippen LogP contribution in [0.3, 0.4) is 0 Å². The minimum absolute atomic E-state index is 0.334. The van der Waals surface area contributed by atoms with Crippen molar-refractivity contribution < 1.29 is 0 Å². The summed E-state index contributed by atoms with van der Waals surface area (Å²) in [4.78, 5) is 8.49. The maximum Gasteiger partial charge on any atom is 0.160 e. The van der Waals surface area contributed by atoms with Crippen LogP contribution in [-0.4, -0.2) is 29.9 Å². The summed E-state index contributed by atoms with van der Waals surface area (Å²) < 4.78 is 1.93. The lowest BCUT2D eigenvalue weighted by atomic mass is 10.1. The molecule has 0 saturated heterocycles. The highest BCUT2D eigenvalue weighted by molar-refractivity contribution is 5.85. The molecule has 7 nitrogen and oxygen atoms in total. The van der Waals surface area contributed by atoms with Crippen LogP contribution in [0.15, 0.2) is 49.1 Å². The van der Waals surface area contributed by atoms with E-state index in [1.807, 2.05) is 35.0 Å². The Morgan fingerprint density at radius 1 is 1.16 bits per heavy atom. The number of aromatic nitrogens is 6. The molecule has 3 heterocycles. The van der Waals surface area contributed by atoms with E-state index in [1.54, 1.807) is 6.20 Å². The van der Waals surface area contributed by atoms with Crippen molar-refractivity contribution >= 4 is 16.9 Å². The number of anilines is 1. The van der Waals surface area contributed by atoms with E-state index in [9.17, 15) is 0 Å². The van der Waals surface area contributed by atoms with Crippen LogP contribution in [0.1, 0.15) is 31.0 Å². The van der Waals surface area contributed by atoms with Gasteiger partial charge in [0.15, 0.2) is 5.65 Å². The van der Waals surface area contributed by atoms with Crippen molar-refractivity contribution in [3.8, 4) is 5.69 Å². The maximum absolute atomic E-state index is 4.77. The fourth-order valence-electron chi connectivity index (χ4n) is 2.84. The molecule has 0 aliphatic rings. The van der Waals surface area contributed by atoms with Gasteiger partial charge in [0.25, 0.3) is 0 Å². The molecule has 0 saturated carbocycles. The summed E-state index contributed by atoms with van der Waals surface area (Å²) in [5.41, 5.74) is 4.00. The van der Waals surface area contributed by atoms with Crippen LogP contribution in [0, 0.1) is 0 Å². The second-order valence-electron chi connectivity index (χ2n) is 6.18. The first-order valence-electron chi connectivity index (χ1n) is 8.24. The molecule has 0 aliphatic heterocycles. The number of nitrogens with zero attached hydrogens (tertiary/aromatic N) is 5. The Morgan fingerprint density at radius 2 is 2.00 bits per heavy atom. The topological polar surface area (TPSA) is 84.3 Å². The van der Waals surface area contributed by atoms with Crippen LogP contribution in [0.2, 0.25) is 0 Å². The molecule has 25 heavy (non-hydrogen) atoms. The summed E-state index contributed by atoms with van der Waals surface area (Å²) in [6.07, 6.45) is 5.33. The SMILES string of the molecule is CC(C)c1nn(-c2ccccc2)cc1CNc1ncnc2[nH]ncc12. The number of hydrogen-bond acceptors (Lipinski definition) is 5. The van der Waals surface area contributed by atoms with Gasteiger partial charge in [0, 0.05) is 18.3 Å². The lowest BCUT2D eigenvalue weighted by Gasteiger charge is -2.07. The molecule has 4 aromatic rings. The molecule has 4 rings (SSSR count). The van der Waals surface area contributed by atoms with Crippen molar-refractivity contribution in [2.45, 2.75) is 26.3 Å². The normalized spacial score (nSPS) is 11.3. The van der Waals surface area contributed by atoms with E-state index >= 15 is 0 Å². The molecular formula is C18H19N7. The zero-order chi connectivity index (χ0) is 17.2. The van der Waals surface area contributed by atoms with E-state index in [-0.39, 0.29) is 0 Å². The first kappa shape index (κ1) is 15.3. The van der Waals surface area contributed by atoms with Crippen molar-refractivity contribution in [2.75, 3.05) is 5.32 Å². The average molecular weight is 333 g/mol. The van der Waals surface area contributed by atoms with Gasteiger partial charge >= 0.3 is 0 Å². The second-order valence-corrected chi connectivity index (χ2v) is 6.18. The number of H-pyrrole nitrogens is 1. The predicted octanol–water partition coefficient (Wildman–Crippen LogP) is 3.27. The highest BCUT2D eigenvalue weighted by atomic mass is 15.3. The molecule has 3 aromatic heterocycles. The van der Waals surface area contributed by atoms with Gasteiger partial charge in [-0.05, 0) is 18.1 Å². The number of benzene rings is 1. The lowest BCUT2D eigenvalue weighted by Crippen LogP contribution is -2.04. The minimum atomic E-state index is 0.334. The molecule has 0 aliphatic carbocycles. The van der Waals surface area contributed by atoms with E-state index in [0.717, 1.165) is 33.8 Å². The van der Waals surface area contributed by atoms with Gasteiger partial charge in [-0.15, -0.1) is 0 Å². The zero-order valence-electron chi connectivity index (χ0n) is 14.1. The Balaban J connectivity index is 1.63. The number of nitrogens with one attached hydrogen (secondary N) is 2. The molecule has 0 amide bonds. The van der Waals surface area contributed by atoms with Gasteiger partial charge in [0.2, 0.25) is 0 Å². The quantitative estimate of drug-likeness (QED) is 0.585. The van der Waals surface area contributed by atoms with Crippen molar-refractivity contribution in [1.82, 2.24) is 29.9 Å². The summed E-state index contributed by atoms with van der Waals surface area (Å²) in [5, 5.41) is 15.9. The van der Waals surface area contributed by atoms with Gasteiger partial charge in [-0.25, -0.2) is 14.6 Å². The molecule has 1 aromatic carbocycles. The second kappa shape index (κ2) is 6.35. The molecule has 0 bridgehead atoms. The molecule has 0 fully saturated rings. The number of para-hydroxylation sites is 1. The minimum Gasteiger partial charge on any atom is -0.365 e. The van der Waals surface area contributed by atoms with Gasteiger partial charge in [0.05, 0.1) is 23.0 Å². The number of fused-ring (bicyclic) bond motifs is 1. The Morgan fingerprint density at radius 3 is 2.80 bits per heavy atom. The van der Waals surface area contributed by atoms with Gasteiger partial charge in [-0.2, -0.15) is 10.2 Å². The van der Waals surface area contributed by atoms with E-state index in [1.165, 1.54) is 6.33 Å². The standard InChI is InChI=1S/C18H19N7/c1-12(2)16-13(10-25(24-16)14-6-4-3-5-7-14)8-19-17-15-9-22-23-18(15)21-11-20-17/h3-7,9-12H,8H2,1-2H3,(H2,19,20,21,22,23). The maximum atomic E-state index is 4.77. The molecule has 0 spiro atoms. The Labute approximate surface area is 145 Å². The molecular weight excluding hydrogens is 314 g/mol. The third kappa shape index (κ3) is 2.96. The number of aromatic amines is 1. The number of rotatable bonds is 5. The summed E-state index contributed by atoms with van der Waals surface area (Å²) in [5.74, 6) is 1.10. The fourth-order valence-corrected chi connectivity index (χ4v) is 2.84. The summed E-state index contributed by atoms with van der Waals surface area (Å²) in [6, 6.07) is 10.1. The van der Waals surface area contributed by atoms with Crippen LogP contribution in [0.25, 0.3) is 16.7 Å². The summed E-state index contributed by atoms with van der Waals surface area (Å²) in [6.45, 7) is 4.94. The monoisotopic (exact) mass is 333 g/mol. The largest absolute Gasteiger partial charge is 0.365 e. The summed E-state index contributed by atoms with van der Waals surface area (Å²) >= 11 is 0. The third-order valence-corrected chi connectivity index (χ3v) is 4.08. The lowest BCUT2D eigenvalue weighted by molar-refractivity contribution is 0.763. The number of hydrogen-bond donors (Lipinski definition) is 2. The Kier molecular flexibility index (Phi) is 3.89.